The van der Waals surface area contributed by atoms with Gasteiger partial charge >= 0.3 is 6.03 Å². The van der Waals surface area contributed by atoms with Crippen LogP contribution in [0.15, 0.2) is 42.5 Å². The van der Waals surface area contributed by atoms with Gasteiger partial charge in [0.1, 0.15) is 0 Å². The molecule has 1 aliphatic carbocycles. The van der Waals surface area contributed by atoms with E-state index in [4.69, 9.17) is 4.74 Å². The fourth-order valence-electron chi connectivity index (χ4n) is 4.51. The Hall–Kier alpha value is -2.42. The Bertz CT molecular complexity index is 874. The van der Waals surface area contributed by atoms with E-state index >= 15 is 0 Å². The Morgan fingerprint density at radius 2 is 1.71 bits per heavy atom. The van der Waals surface area contributed by atoms with Gasteiger partial charge in [0.15, 0.2) is 0 Å². The minimum atomic E-state index is -0.325. The maximum Gasteiger partial charge on any atom is 0.324 e. The summed E-state index contributed by atoms with van der Waals surface area (Å²) in [7, 11) is 0. The molecule has 1 saturated heterocycles. The van der Waals surface area contributed by atoms with Gasteiger partial charge in [-0.15, -0.1) is 11.3 Å². The van der Waals surface area contributed by atoms with Crippen molar-refractivity contribution in [2.24, 2.45) is 0 Å². The minimum Gasteiger partial charge on any atom is -0.379 e. The summed E-state index contributed by atoms with van der Waals surface area (Å²) >= 11 is 1.28. The second-order valence-electron chi connectivity index (χ2n) is 8.18. The van der Waals surface area contributed by atoms with Crippen molar-refractivity contribution in [3.05, 3.63) is 47.3 Å². The van der Waals surface area contributed by atoms with Gasteiger partial charge in [-0.1, -0.05) is 37.5 Å². The first kappa shape index (κ1) is 21.8. The topological polar surface area (TPSA) is 82.7 Å². The summed E-state index contributed by atoms with van der Waals surface area (Å²) in [5, 5.41) is 9.39. The molecule has 8 heteroatoms. The molecule has 2 fully saturated rings. The number of para-hydroxylation sites is 1. The maximum absolute atomic E-state index is 12.8. The fourth-order valence-corrected chi connectivity index (χ4v) is 5.32. The normalized spacial score (nSPS) is 18.8. The number of hydrogen-bond donors (Lipinski definition) is 3. The third kappa shape index (κ3) is 5.64. The molecule has 2 aromatic rings. The van der Waals surface area contributed by atoms with Crippen LogP contribution in [-0.2, 0) is 4.74 Å². The molecule has 4 rings (SSSR count). The van der Waals surface area contributed by atoms with Crippen LogP contribution in [0.2, 0.25) is 0 Å². The van der Waals surface area contributed by atoms with Crippen molar-refractivity contribution in [2.75, 3.05) is 43.5 Å². The van der Waals surface area contributed by atoms with E-state index in [-0.39, 0.29) is 17.5 Å². The molecule has 1 aliphatic heterocycles. The van der Waals surface area contributed by atoms with Crippen molar-refractivity contribution in [1.29, 1.82) is 0 Å². The molecular formula is C23H30N4O3S. The zero-order valence-corrected chi connectivity index (χ0v) is 18.5. The molecule has 3 amide bonds. The highest BCUT2D eigenvalue weighted by Crippen LogP contribution is 2.34. The van der Waals surface area contributed by atoms with Gasteiger partial charge in [-0.05, 0) is 37.1 Å². The number of nitrogens with zero attached hydrogens (tertiary/aromatic N) is 1. The van der Waals surface area contributed by atoms with Gasteiger partial charge in [0.2, 0.25) is 0 Å². The second-order valence-corrected chi connectivity index (χ2v) is 9.26. The quantitative estimate of drug-likeness (QED) is 0.627. The van der Waals surface area contributed by atoms with Crippen molar-refractivity contribution >= 4 is 34.0 Å². The maximum atomic E-state index is 12.8. The first-order chi connectivity index (χ1) is 15.1. The Labute approximate surface area is 187 Å². The van der Waals surface area contributed by atoms with E-state index in [0.717, 1.165) is 44.8 Å². The van der Waals surface area contributed by atoms with Crippen LogP contribution in [0.4, 0.5) is 15.5 Å². The Morgan fingerprint density at radius 1 is 0.968 bits per heavy atom. The lowest BCUT2D eigenvalue weighted by atomic mass is 9.79. The standard InChI is InChI=1S/C23H30N4O3S/c28-21(24-17-23(11-5-2-6-12-23)27-13-15-30-16-14-27)19-9-10-20(31-19)26-22(29)25-18-7-3-1-4-8-18/h1,3-4,7-10H,2,5-6,11-17H2,(H,24,28)(H2,25,26,29). The summed E-state index contributed by atoms with van der Waals surface area (Å²) in [6.45, 7) is 4.04. The smallest absolute Gasteiger partial charge is 0.324 e. The third-order valence-electron chi connectivity index (χ3n) is 6.14. The largest absolute Gasteiger partial charge is 0.379 e. The summed E-state index contributed by atoms with van der Waals surface area (Å²) < 4.78 is 5.54. The summed E-state index contributed by atoms with van der Waals surface area (Å²) in [5.74, 6) is -0.0836. The lowest BCUT2D eigenvalue weighted by molar-refractivity contribution is -0.0361. The second kappa shape index (κ2) is 10.3. The van der Waals surface area contributed by atoms with Crippen molar-refractivity contribution in [1.82, 2.24) is 10.2 Å². The number of urea groups is 1. The lowest BCUT2D eigenvalue weighted by Crippen LogP contribution is -2.59. The molecule has 1 aromatic carbocycles. The number of nitrogens with one attached hydrogen (secondary N) is 3. The molecular weight excluding hydrogens is 412 g/mol. The molecule has 0 spiro atoms. The molecule has 1 saturated carbocycles. The number of ether oxygens (including phenoxy) is 1. The summed E-state index contributed by atoms with van der Waals surface area (Å²) in [6.07, 6.45) is 5.91. The zero-order valence-electron chi connectivity index (χ0n) is 17.7. The van der Waals surface area contributed by atoms with E-state index in [0.29, 0.717) is 16.4 Å². The SMILES string of the molecule is O=C(Nc1ccccc1)Nc1ccc(C(=O)NCC2(N3CCOCC3)CCCCC2)s1. The predicted molar refractivity (Wildman–Crippen MR) is 124 cm³/mol. The summed E-state index contributed by atoms with van der Waals surface area (Å²) in [6, 6.07) is 12.5. The van der Waals surface area contributed by atoms with Crippen LogP contribution in [-0.4, -0.2) is 55.2 Å². The highest BCUT2D eigenvalue weighted by molar-refractivity contribution is 7.18. The molecule has 0 atom stereocenters. The predicted octanol–water partition coefficient (Wildman–Crippen LogP) is 4.16. The number of amides is 3. The fraction of sp³-hybridized carbons (Fsp3) is 0.478. The van der Waals surface area contributed by atoms with Gasteiger partial charge in [0, 0.05) is 30.9 Å². The number of carbonyl (C=O) groups is 2. The highest BCUT2D eigenvalue weighted by Gasteiger charge is 2.38. The van der Waals surface area contributed by atoms with Crippen molar-refractivity contribution in [2.45, 2.75) is 37.6 Å². The first-order valence-corrected chi connectivity index (χ1v) is 11.8. The molecule has 3 N–H and O–H groups in total. The average molecular weight is 443 g/mol. The van der Waals surface area contributed by atoms with Crippen LogP contribution < -0.4 is 16.0 Å². The number of carbonyl (C=O) groups excluding carboxylic acids is 2. The molecule has 31 heavy (non-hydrogen) atoms. The van der Waals surface area contributed by atoms with Crippen LogP contribution in [0.5, 0.6) is 0 Å². The van der Waals surface area contributed by atoms with Crippen LogP contribution in [0.25, 0.3) is 0 Å². The van der Waals surface area contributed by atoms with E-state index < -0.39 is 0 Å². The molecule has 0 radical (unpaired) electrons. The van der Waals surface area contributed by atoms with Gasteiger partial charge in [0.05, 0.1) is 23.1 Å². The molecule has 166 valence electrons. The van der Waals surface area contributed by atoms with Crippen molar-refractivity contribution < 1.29 is 14.3 Å². The molecule has 0 bridgehead atoms. The van der Waals surface area contributed by atoms with Crippen LogP contribution >= 0.6 is 11.3 Å². The van der Waals surface area contributed by atoms with Crippen molar-refractivity contribution in [3.63, 3.8) is 0 Å². The zero-order chi connectivity index (χ0) is 21.5. The number of thiophene rings is 1. The van der Waals surface area contributed by atoms with Gasteiger partial charge in [0.25, 0.3) is 5.91 Å². The minimum absolute atomic E-state index is 0.0333. The van der Waals surface area contributed by atoms with E-state index in [9.17, 15) is 9.59 Å². The number of anilines is 2. The monoisotopic (exact) mass is 442 g/mol. The molecule has 1 aromatic heterocycles. The third-order valence-corrected chi connectivity index (χ3v) is 7.14. The van der Waals surface area contributed by atoms with Gasteiger partial charge in [-0.2, -0.15) is 0 Å². The Balaban J connectivity index is 1.33. The first-order valence-electron chi connectivity index (χ1n) is 11.0. The van der Waals surface area contributed by atoms with Crippen LogP contribution in [0.1, 0.15) is 41.8 Å². The molecule has 2 aliphatic rings. The number of rotatable bonds is 6. The van der Waals surface area contributed by atoms with E-state index in [1.807, 2.05) is 30.3 Å². The average Bonchev–Trinajstić information content (AvgIpc) is 3.28. The molecule has 7 nitrogen and oxygen atoms in total. The molecule has 2 heterocycles. The summed E-state index contributed by atoms with van der Waals surface area (Å²) in [5.41, 5.74) is 0.751. The van der Waals surface area contributed by atoms with Gasteiger partial charge < -0.3 is 15.4 Å². The van der Waals surface area contributed by atoms with E-state index in [1.165, 1.54) is 30.6 Å². The highest BCUT2D eigenvalue weighted by atomic mass is 32.1. The summed E-state index contributed by atoms with van der Waals surface area (Å²) in [4.78, 5) is 28.1. The van der Waals surface area contributed by atoms with Gasteiger partial charge in [-0.25, -0.2) is 4.79 Å². The molecule has 0 unspecified atom stereocenters. The van der Waals surface area contributed by atoms with Crippen molar-refractivity contribution in [3.8, 4) is 0 Å². The van der Waals surface area contributed by atoms with E-state index in [1.54, 1.807) is 12.1 Å². The Morgan fingerprint density at radius 3 is 2.45 bits per heavy atom. The number of benzene rings is 1. The van der Waals surface area contributed by atoms with Crippen LogP contribution in [0, 0.1) is 0 Å². The lowest BCUT2D eigenvalue weighted by Gasteiger charge is -2.48. The van der Waals surface area contributed by atoms with Gasteiger partial charge in [-0.3, -0.25) is 15.0 Å². The van der Waals surface area contributed by atoms with E-state index in [2.05, 4.69) is 20.9 Å². The van der Waals surface area contributed by atoms with Crippen LogP contribution in [0.3, 0.4) is 0 Å². The Kier molecular flexibility index (Phi) is 7.21. The number of morpholine rings is 1. The number of hydrogen-bond acceptors (Lipinski definition) is 5.